The average Bonchev–Trinajstić information content (AvgIpc) is 3.28. The van der Waals surface area contributed by atoms with Crippen LogP contribution in [0, 0.1) is 0 Å². The monoisotopic (exact) mass is 418 g/mol. The van der Waals surface area contributed by atoms with Crippen molar-refractivity contribution < 1.29 is 24.0 Å². The van der Waals surface area contributed by atoms with E-state index in [1.54, 1.807) is 14.2 Å². The van der Waals surface area contributed by atoms with E-state index in [9.17, 15) is 9.59 Å². The molecule has 0 aliphatic carbocycles. The van der Waals surface area contributed by atoms with Gasteiger partial charge in [0.05, 0.1) is 26.1 Å². The van der Waals surface area contributed by atoms with E-state index >= 15 is 0 Å². The number of piperazine rings is 1. The first kappa shape index (κ1) is 21.1. The Morgan fingerprint density at radius 1 is 1.07 bits per heavy atom. The summed E-state index contributed by atoms with van der Waals surface area (Å²) in [5.41, 5.74) is 1.03. The molecular formula is C21H28N3O4S+. The molecule has 7 nitrogen and oxygen atoms in total. The van der Waals surface area contributed by atoms with Gasteiger partial charge in [-0.3, -0.25) is 9.59 Å². The van der Waals surface area contributed by atoms with Crippen LogP contribution < -0.4 is 14.4 Å². The van der Waals surface area contributed by atoms with Crippen LogP contribution in [0.25, 0.3) is 0 Å². The first-order valence-electron chi connectivity index (χ1n) is 9.64. The van der Waals surface area contributed by atoms with Crippen LogP contribution in [0.2, 0.25) is 0 Å². The van der Waals surface area contributed by atoms with Crippen LogP contribution >= 0.6 is 11.3 Å². The number of hydrogen-bond acceptors (Lipinski definition) is 5. The number of benzene rings is 1. The zero-order valence-corrected chi connectivity index (χ0v) is 18.0. The summed E-state index contributed by atoms with van der Waals surface area (Å²) in [7, 11) is 5.26. The second-order valence-electron chi connectivity index (χ2n) is 7.14. The number of thiophene rings is 1. The van der Waals surface area contributed by atoms with E-state index in [-0.39, 0.29) is 11.8 Å². The van der Waals surface area contributed by atoms with Gasteiger partial charge in [0.25, 0.3) is 11.8 Å². The van der Waals surface area contributed by atoms with Crippen molar-refractivity contribution in [2.75, 3.05) is 54.0 Å². The second-order valence-corrected chi connectivity index (χ2v) is 8.09. The van der Waals surface area contributed by atoms with Crippen LogP contribution in [-0.2, 0) is 11.3 Å². The molecule has 8 heteroatoms. The molecule has 2 amide bonds. The first-order valence-corrected chi connectivity index (χ1v) is 10.5. The number of quaternary nitrogens is 1. The predicted molar refractivity (Wildman–Crippen MR) is 112 cm³/mol. The van der Waals surface area contributed by atoms with Crippen LogP contribution in [0.15, 0.2) is 35.7 Å². The largest absolute Gasteiger partial charge is 0.497 e. The standard InChI is InChI=1S/C21H27N3O4S/c1-22(14-16-6-7-17(27-2)13-18(16)28-3)15-20(25)23-8-10-24(11-9-23)21(26)19-5-4-12-29-19/h4-7,12-13H,8-11,14-15H2,1-3H3/p+1. The Hall–Kier alpha value is -2.58. The van der Waals surface area contributed by atoms with Gasteiger partial charge in [0.15, 0.2) is 6.54 Å². The quantitative estimate of drug-likeness (QED) is 0.721. The average molecular weight is 419 g/mol. The fraction of sp³-hybridized carbons (Fsp3) is 0.429. The Morgan fingerprint density at radius 3 is 2.41 bits per heavy atom. The van der Waals surface area contributed by atoms with Gasteiger partial charge < -0.3 is 24.2 Å². The molecule has 1 atom stereocenters. The van der Waals surface area contributed by atoms with Crippen molar-refractivity contribution >= 4 is 23.2 Å². The number of carbonyl (C=O) groups excluding carboxylic acids is 2. The van der Waals surface area contributed by atoms with Crippen molar-refractivity contribution in [2.45, 2.75) is 6.54 Å². The fourth-order valence-electron chi connectivity index (χ4n) is 3.47. The Bertz CT molecular complexity index is 832. The molecule has 1 unspecified atom stereocenters. The third-order valence-corrected chi connectivity index (χ3v) is 5.95. The SMILES string of the molecule is COc1ccc(C[NH+](C)CC(=O)N2CCN(C(=O)c3cccs3)CC2)c(OC)c1. The third-order valence-electron chi connectivity index (χ3n) is 5.09. The normalized spacial score (nSPS) is 15.1. The maximum absolute atomic E-state index is 12.7. The highest BCUT2D eigenvalue weighted by Gasteiger charge is 2.26. The number of carbonyl (C=O) groups is 2. The summed E-state index contributed by atoms with van der Waals surface area (Å²) in [5.74, 6) is 1.67. The molecule has 1 aromatic carbocycles. The molecule has 3 rings (SSSR count). The van der Waals surface area contributed by atoms with Gasteiger partial charge in [-0.05, 0) is 23.6 Å². The van der Waals surface area contributed by atoms with Crippen molar-refractivity contribution in [3.8, 4) is 11.5 Å². The lowest BCUT2D eigenvalue weighted by Crippen LogP contribution is -3.09. The van der Waals surface area contributed by atoms with Crippen molar-refractivity contribution in [3.63, 3.8) is 0 Å². The maximum atomic E-state index is 12.7. The fourth-order valence-corrected chi connectivity index (χ4v) is 4.16. The molecule has 0 bridgehead atoms. The lowest BCUT2D eigenvalue weighted by Gasteiger charge is -2.34. The van der Waals surface area contributed by atoms with Gasteiger partial charge in [-0.15, -0.1) is 11.3 Å². The van der Waals surface area contributed by atoms with E-state index in [0.29, 0.717) is 39.3 Å². The molecule has 1 aromatic heterocycles. The number of nitrogens with zero attached hydrogens (tertiary/aromatic N) is 2. The Morgan fingerprint density at radius 2 is 1.79 bits per heavy atom. The molecule has 1 N–H and O–H groups in total. The van der Waals surface area contributed by atoms with E-state index < -0.39 is 0 Å². The lowest BCUT2D eigenvalue weighted by molar-refractivity contribution is -0.885. The van der Waals surface area contributed by atoms with Gasteiger partial charge in [-0.25, -0.2) is 0 Å². The molecule has 0 saturated carbocycles. The van der Waals surface area contributed by atoms with E-state index in [0.717, 1.165) is 26.8 Å². The van der Waals surface area contributed by atoms with Crippen molar-refractivity contribution in [1.82, 2.24) is 9.80 Å². The summed E-state index contributed by atoms with van der Waals surface area (Å²) in [4.78, 5) is 30.7. The van der Waals surface area contributed by atoms with Crippen molar-refractivity contribution in [1.29, 1.82) is 0 Å². The van der Waals surface area contributed by atoms with Gasteiger partial charge in [0, 0.05) is 37.8 Å². The third kappa shape index (κ3) is 5.27. The van der Waals surface area contributed by atoms with E-state index in [2.05, 4.69) is 0 Å². The highest BCUT2D eigenvalue weighted by molar-refractivity contribution is 7.12. The molecule has 2 aromatic rings. The predicted octanol–water partition coefficient (Wildman–Crippen LogP) is 0.765. The van der Waals surface area contributed by atoms with Gasteiger partial charge >= 0.3 is 0 Å². The number of rotatable bonds is 7. The summed E-state index contributed by atoms with van der Waals surface area (Å²) in [6.07, 6.45) is 0. The minimum atomic E-state index is 0.0569. The van der Waals surface area contributed by atoms with E-state index in [1.807, 2.05) is 52.6 Å². The molecule has 1 fully saturated rings. The first-order chi connectivity index (χ1) is 14.0. The van der Waals surface area contributed by atoms with E-state index in [1.165, 1.54) is 11.3 Å². The van der Waals surface area contributed by atoms with Crippen LogP contribution in [-0.4, -0.2) is 75.6 Å². The zero-order valence-electron chi connectivity index (χ0n) is 17.1. The zero-order chi connectivity index (χ0) is 20.8. The van der Waals surface area contributed by atoms with Crippen LogP contribution in [0.3, 0.4) is 0 Å². The van der Waals surface area contributed by atoms with Crippen molar-refractivity contribution in [2.24, 2.45) is 0 Å². The topological polar surface area (TPSA) is 63.5 Å². The summed E-state index contributed by atoms with van der Waals surface area (Å²) in [5, 5.41) is 1.91. The van der Waals surface area contributed by atoms with Crippen LogP contribution in [0.4, 0.5) is 0 Å². The molecule has 1 saturated heterocycles. The minimum absolute atomic E-state index is 0.0569. The Balaban J connectivity index is 1.50. The summed E-state index contributed by atoms with van der Waals surface area (Å²) >= 11 is 1.45. The number of methoxy groups -OCH3 is 2. The van der Waals surface area contributed by atoms with Crippen LogP contribution in [0.1, 0.15) is 15.2 Å². The summed E-state index contributed by atoms with van der Waals surface area (Å²) < 4.78 is 10.7. The molecular weight excluding hydrogens is 390 g/mol. The molecule has 29 heavy (non-hydrogen) atoms. The highest BCUT2D eigenvalue weighted by atomic mass is 32.1. The van der Waals surface area contributed by atoms with E-state index in [4.69, 9.17) is 9.47 Å². The molecule has 2 heterocycles. The van der Waals surface area contributed by atoms with Crippen LogP contribution in [0.5, 0.6) is 11.5 Å². The van der Waals surface area contributed by atoms with Crippen molar-refractivity contribution in [3.05, 3.63) is 46.2 Å². The number of nitrogens with one attached hydrogen (secondary N) is 1. The molecule has 0 spiro atoms. The minimum Gasteiger partial charge on any atom is -0.497 e. The Kier molecular flexibility index (Phi) is 7.11. The number of amides is 2. The maximum Gasteiger partial charge on any atom is 0.277 e. The number of hydrogen-bond donors (Lipinski definition) is 1. The highest BCUT2D eigenvalue weighted by Crippen LogP contribution is 2.23. The molecule has 156 valence electrons. The lowest BCUT2D eigenvalue weighted by atomic mass is 10.1. The Labute approximate surface area is 175 Å². The van der Waals surface area contributed by atoms with Gasteiger partial charge in [0.2, 0.25) is 0 Å². The number of likely N-dealkylation sites (N-methyl/N-ethyl adjacent to an activating group) is 1. The summed E-state index contributed by atoms with van der Waals surface area (Å²) in [6.45, 7) is 3.38. The van der Waals surface area contributed by atoms with Gasteiger partial charge in [-0.2, -0.15) is 0 Å². The van der Waals surface area contributed by atoms with Gasteiger partial charge in [0.1, 0.15) is 18.0 Å². The molecule has 1 aliphatic heterocycles. The second kappa shape index (κ2) is 9.76. The molecule has 1 aliphatic rings. The van der Waals surface area contributed by atoms with Gasteiger partial charge in [-0.1, -0.05) is 6.07 Å². The number of ether oxygens (including phenoxy) is 2. The molecule has 0 radical (unpaired) electrons. The smallest absolute Gasteiger partial charge is 0.277 e. The summed E-state index contributed by atoms with van der Waals surface area (Å²) in [6, 6.07) is 9.45.